The van der Waals surface area contributed by atoms with Crippen LogP contribution in [0.1, 0.15) is 5.56 Å². The van der Waals surface area contributed by atoms with Crippen LogP contribution in [0.3, 0.4) is 0 Å². The maximum absolute atomic E-state index is 11.7. The van der Waals surface area contributed by atoms with Gasteiger partial charge in [0.1, 0.15) is 0 Å². The van der Waals surface area contributed by atoms with Crippen molar-refractivity contribution in [1.82, 2.24) is 5.32 Å². The number of nitro groups is 1. The molecular weight excluding hydrogens is 222 g/mol. The Morgan fingerprint density at radius 2 is 2.24 bits per heavy atom. The molecule has 17 heavy (non-hydrogen) atoms. The lowest BCUT2D eigenvalue weighted by molar-refractivity contribution is -0.384. The number of anilines is 1. The zero-order chi connectivity index (χ0) is 12.4. The highest BCUT2D eigenvalue weighted by molar-refractivity contribution is 5.94. The zero-order valence-corrected chi connectivity index (χ0v) is 9.40. The summed E-state index contributed by atoms with van der Waals surface area (Å²) in [5.74, 6) is -0.0368. The summed E-state index contributed by atoms with van der Waals surface area (Å²) >= 11 is 0. The highest BCUT2D eigenvalue weighted by Crippen LogP contribution is 2.22. The van der Waals surface area contributed by atoms with Crippen LogP contribution in [0, 0.1) is 23.0 Å². The van der Waals surface area contributed by atoms with Crippen LogP contribution in [0.4, 0.5) is 11.4 Å². The monoisotopic (exact) mass is 235 g/mol. The number of rotatable bonds is 3. The Morgan fingerprint density at radius 1 is 1.53 bits per heavy atom. The summed E-state index contributed by atoms with van der Waals surface area (Å²) in [5, 5.41) is 16.4. The van der Waals surface area contributed by atoms with E-state index in [2.05, 4.69) is 10.6 Å². The number of aryl methyl sites for hydroxylation is 1. The van der Waals surface area contributed by atoms with Crippen molar-refractivity contribution in [2.45, 2.75) is 6.92 Å². The quantitative estimate of drug-likeness (QED) is 0.606. The van der Waals surface area contributed by atoms with Crippen molar-refractivity contribution >= 4 is 17.3 Å². The highest BCUT2D eigenvalue weighted by atomic mass is 16.6. The molecule has 0 radical (unpaired) electrons. The Morgan fingerprint density at radius 3 is 2.71 bits per heavy atom. The van der Waals surface area contributed by atoms with Crippen molar-refractivity contribution in [1.29, 1.82) is 0 Å². The summed E-state index contributed by atoms with van der Waals surface area (Å²) in [6, 6.07) is 4.41. The summed E-state index contributed by atoms with van der Waals surface area (Å²) in [6.45, 7) is 3.12. The zero-order valence-electron chi connectivity index (χ0n) is 9.40. The third-order valence-electron chi connectivity index (χ3n) is 2.83. The van der Waals surface area contributed by atoms with Crippen LogP contribution in [0.15, 0.2) is 18.2 Å². The molecule has 2 rings (SSSR count). The van der Waals surface area contributed by atoms with Gasteiger partial charge in [0.2, 0.25) is 5.91 Å². The number of carbonyl (C=O) groups excluding carboxylic acids is 1. The van der Waals surface area contributed by atoms with Gasteiger partial charge in [0.25, 0.3) is 5.69 Å². The molecule has 6 heteroatoms. The number of nitrogens with one attached hydrogen (secondary N) is 2. The number of amides is 1. The van der Waals surface area contributed by atoms with E-state index in [4.69, 9.17) is 0 Å². The highest BCUT2D eigenvalue weighted by Gasteiger charge is 2.25. The first kappa shape index (κ1) is 11.5. The van der Waals surface area contributed by atoms with Crippen LogP contribution in [0.2, 0.25) is 0 Å². The molecular formula is C11H13N3O3. The molecule has 1 aliphatic rings. The maximum atomic E-state index is 11.7. The Bertz CT molecular complexity index is 469. The number of nitro benzene ring substituents is 1. The smallest absolute Gasteiger partial charge is 0.269 e. The van der Waals surface area contributed by atoms with E-state index < -0.39 is 4.92 Å². The van der Waals surface area contributed by atoms with E-state index >= 15 is 0 Å². The van der Waals surface area contributed by atoms with Crippen LogP contribution in [-0.4, -0.2) is 23.9 Å². The van der Waals surface area contributed by atoms with Crippen LogP contribution < -0.4 is 10.6 Å². The Kier molecular flexibility index (Phi) is 3.06. The van der Waals surface area contributed by atoms with Gasteiger partial charge in [-0.15, -0.1) is 0 Å². The number of benzene rings is 1. The third-order valence-corrected chi connectivity index (χ3v) is 2.83. The van der Waals surface area contributed by atoms with Crippen molar-refractivity contribution in [3.05, 3.63) is 33.9 Å². The lowest BCUT2D eigenvalue weighted by atomic mass is 10.0. The molecule has 0 bridgehead atoms. The lowest BCUT2D eigenvalue weighted by Gasteiger charge is -2.26. The van der Waals surface area contributed by atoms with E-state index in [1.54, 1.807) is 13.0 Å². The van der Waals surface area contributed by atoms with Gasteiger partial charge in [-0.1, -0.05) is 0 Å². The number of non-ortho nitro benzene ring substituents is 1. The average Bonchev–Trinajstić information content (AvgIpc) is 2.18. The minimum atomic E-state index is -0.450. The molecule has 1 aromatic rings. The standard InChI is InChI=1S/C11H13N3O3/c1-7-4-9(14(16)17)2-3-10(7)13-11(15)8-5-12-6-8/h2-4,8,12H,5-6H2,1H3,(H,13,15). The van der Waals surface area contributed by atoms with Crippen LogP contribution >= 0.6 is 0 Å². The molecule has 1 fully saturated rings. The van der Waals surface area contributed by atoms with Gasteiger partial charge in [0.15, 0.2) is 0 Å². The Balaban J connectivity index is 2.10. The minimum Gasteiger partial charge on any atom is -0.326 e. The summed E-state index contributed by atoms with van der Waals surface area (Å²) in [4.78, 5) is 21.8. The fourth-order valence-electron chi connectivity index (χ4n) is 1.61. The van der Waals surface area contributed by atoms with Gasteiger partial charge in [-0.2, -0.15) is 0 Å². The second-order valence-corrected chi connectivity index (χ2v) is 4.10. The Hall–Kier alpha value is -1.95. The van der Waals surface area contributed by atoms with Crippen molar-refractivity contribution in [3.63, 3.8) is 0 Å². The predicted molar refractivity (Wildman–Crippen MR) is 62.8 cm³/mol. The predicted octanol–water partition coefficient (Wildman–Crippen LogP) is 1.06. The fourth-order valence-corrected chi connectivity index (χ4v) is 1.61. The van der Waals surface area contributed by atoms with E-state index in [9.17, 15) is 14.9 Å². The molecule has 0 aliphatic carbocycles. The average molecular weight is 235 g/mol. The number of hydrogen-bond donors (Lipinski definition) is 2. The second kappa shape index (κ2) is 4.50. The summed E-state index contributed by atoms with van der Waals surface area (Å²) in [5.41, 5.74) is 1.36. The van der Waals surface area contributed by atoms with Crippen molar-refractivity contribution in [2.75, 3.05) is 18.4 Å². The minimum absolute atomic E-state index is 0.00425. The molecule has 0 spiro atoms. The van der Waals surface area contributed by atoms with Crippen LogP contribution in [0.25, 0.3) is 0 Å². The molecule has 1 heterocycles. The molecule has 0 unspecified atom stereocenters. The third kappa shape index (κ3) is 2.42. The molecule has 1 aromatic carbocycles. The summed E-state index contributed by atoms with van der Waals surface area (Å²) < 4.78 is 0. The van der Waals surface area contributed by atoms with E-state index in [-0.39, 0.29) is 17.5 Å². The van der Waals surface area contributed by atoms with Gasteiger partial charge < -0.3 is 10.6 Å². The lowest BCUT2D eigenvalue weighted by Crippen LogP contribution is -2.48. The second-order valence-electron chi connectivity index (χ2n) is 4.10. The van der Waals surface area contributed by atoms with E-state index in [0.29, 0.717) is 24.3 Å². The SMILES string of the molecule is Cc1cc([N+](=O)[O-])ccc1NC(=O)C1CNC1. The molecule has 90 valence electrons. The molecule has 1 aliphatic heterocycles. The Labute approximate surface area is 98.2 Å². The van der Waals surface area contributed by atoms with Crippen LogP contribution in [0.5, 0.6) is 0 Å². The summed E-state index contributed by atoms with van der Waals surface area (Å²) in [6.07, 6.45) is 0. The normalized spacial score (nSPS) is 15.1. The molecule has 1 saturated heterocycles. The van der Waals surface area contributed by atoms with Gasteiger partial charge in [0.05, 0.1) is 10.8 Å². The topological polar surface area (TPSA) is 84.3 Å². The van der Waals surface area contributed by atoms with Gasteiger partial charge in [-0.05, 0) is 18.6 Å². The van der Waals surface area contributed by atoms with E-state index in [1.165, 1.54) is 12.1 Å². The first-order chi connectivity index (χ1) is 8.08. The first-order valence-electron chi connectivity index (χ1n) is 5.34. The molecule has 0 saturated carbocycles. The van der Waals surface area contributed by atoms with Crippen LogP contribution in [-0.2, 0) is 4.79 Å². The number of hydrogen-bond acceptors (Lipinski definition) is 4. The number of nitrogens with zero attached hydrogens (tertiary/aromatic N) is 1. The molecule has 1 amide bonds. The molecule has 0 aromatic heterocycles. The molecule has 6 nitrogen and oxygen atoms in total. The molecule has 2 N–H and O–H groups in total. The van der Waals surface area contributed by atoms with Gasteiger partial charge in [-0.3, -0.25) is 14.9 Å². The van der Waals surface area contributed by atoms with Crippen molar-refractivity contribution < 1.29 is 9.72 Å². The largest absolute Gasteiger partial charge is 0.326 e. The fraction of sp³-hybridized carbons (Fsp3) is 0.364. The van der Waals surface area contributed by atoms with Gasteiger partial charge in [0, 0.05) is 30.9 Å². The maximum Gasteiger partial charge on any atom is 0.269 e. The van der Waals surface area contributed by atoms with Crippen molar-refractivity contribution in [3.8, 4) is 0 Å². The van der Waals surface area contributed by atoms with E-state index in [1.807, 2.05) is 0 Å². The number of carbonyl (C=O) groups is 1. The van der Waals surface area contributed by atoms with Gasteiger partial charge in [-0.25, -0.2) is 0 Å². The van der Waals surface area contributed by atoms with Gasteiger partial charge >= 0.3 is 0 Å². The molecule has 0 atom stereocenters. The van der Waals surface area contributed by atoms with E-state index in [0.717, 1.165) is 0 Å². The first-order valence-corrected chi connectivity index (χ1v) is 5.34. The van der Waals surface area contributed by atoms with Crippen molar-refractivity contribution in [2.24, 2.45) is 5.92 Å². The summed E-state index contributed by atoms with van der Waals surface area (Å²) in [7, 11) is 0.